The molecule has 5 rings (SSSR count). The number of carbonyl (C=O) groups is 4. The standard InChI is InChI=1S/C36H44F2O6S/c1-8-30(42)44-36(31(43)45-19-28(40)21-9-11-22(12-10-21)32(3,4)5)20(2)15-24-25-17-27(37)26-16-23(39)13-14-33(26,6)35(25,38)29(41)18-34(24,36)7/h9-14,16,20,24-25,27,29,41H,8,15,17-19H2,1-7H3/t20-,24+,25+,27+,29+,33+,34+,35+,36+/m1/s1. The number of esters is 1. The lowest BCUT2D eigenvalue weighted by atomic mass is 9.44. The Bertz CT molecular complexity index is 1480. The van der Waals surface area contributed by atoms with Crippen molar-refractivity contribution in [3.8, 4) is 0 Å². The van der Waals surface area contributed by atoms with E-state index in [1.807, 2.05) is 12.1 Å². The van der Waals surface area contributed by atoms with Crippen LogP contribution in [0.2, 0.25) is 0 Å². The van der Waals surface area contributed by atoms with Gasteiger partial charge < -0.3 is 9.84 Å². The second-order valence-electron chi connectivity index (χ2n) is 14.9. The van der Waals surface area contributed by atoms with Gasteiger partial charge in [0.25, 0.3) is 0 Å². The monoisotopic (exact) mass is 642 g/mol. The first-order valence-corrected chi connectivity index (χ1v) is 16.8. The van der Waals surface area contributed by atoms with Gasteiger partial charge in [0.2, 0.25) is 5.12 Å². The van der Waals surface area contributed by atoms with E-state index in [-0.39, 0.29) is 48.2 Å². The number of hydrogen-bond acceptors (Lipinski definition) is 7. The van der Waals surface area contributed by atoms with Gasteiger partial charge in [0.05, 0.1) is 11.9 Å². The Morgan fingerprint density at radius 3 is 2.33 bits per heavy atom. The van der Waals surface area contributed by atoms with Crippen LogP contribution in [0.5, 0.6) is 0 Å². The zero-order valence-electron chi connectivity index (χ0n) is 27.1. The van der Waals surface area contributed by atoms with Gasteiger partial charge >= 0.3 is 5.97 Å². The summed E-state index contributed by atoms with van der Waals surface area (Å²) >= 11 is 0.771. The third-order valence-electron chi connectivity index (χ3n) is 11.4. The maximum Gasteiger partial charge on any atom is 0.306 e. The average Bonchev–Trinajstić information content (AvgIpc) is 3.19. The summed E-state index contributed by atoms with van der Waals surface area (Å²) in [6.45, 7) is 12.9. The largest absolute Gasteiger partial charge is 0.449 e. The summed E-state index contributed by atoms with van der Waals surface area (Å²) in [5, 5.41) is 11.2. The Morgan fingerprint density at radius 1 is 1.09 bits per heavy atom. The Hall–Kier alpha value is -2.65. The number of thioether (sulfide) groups is 1. The molecule has 1 aromatic carbocycles. The van der Waals surface area contributed by atoms with E-state index < -0.39 is 69.0 Å². The predicted octanol–water partition coefficient (Wildman–Crippen LogP) is 6.68. The first-order valence-electron chi connectivity index (χ1n) is 15.9. The third kappa shape index (κ3) is 4.90. The molecule has 4 aliphatic rings. The molecule has 0 heterocycles. The van der Waals surface area contributed by atoms with Crippen molar-refractivity contribution in [3.63, 3.8) is 0 Å². The lowest BCUT2D eigenvalue weighted by Gasteiger charge is -2.63. The van der Waals surface area contributed by atoms with Gasteiger partial charge in [-0.25, -0.2) is 8.78 Å². The molecule has 0 aromatic heterocycles. The number of rotatable bonds is 6. The van der Waals surface area contributed by atoms with E-state index in [0.717, 1.165) is 23.4 Å². The van der Waals surface area contributed by atoms with Gasteiger partial charge in [-0.2, -0.15) is 0 Å². The summed E-state index contributed by atoms with van der Waals surface area (Å²) in [6.07, 6.45) is 0.223. The molecule has 6 nitrogen and oxygen atoms in total. The van der Waals surface area contributed by atoms with E-state index in [2.05, 4.69) is 20.8 Å². The minimum absolute atomic E-state index is 0.0111. The first kappa shape index (κ1) is 33.7. The fourth-order valence-electron chi connectivity index (χ4n) is 8.95. The van der Waals surface area contributed by atoms with Crippen molar-refractivity contribution in [1.82, 2.24) is 0 Å². The second-order valence-corrected chi connectivity index (χ2v) is 15.8. The van der Waals surface area contributed by atoms with Crippen LogP contribution in [0.25, 0.3) is 0 Å². The normalized spacial score (nSPS) is 38.9. The van der Waals surface area contributed by atoms with E-state index in [9.17, 15) is 24.3 Å². The highest BCUT2D eigenvalue weighted by molar-refractivity contribution is 8.14. The molecular weight excluding hydrogens is 598 g/mol. The van der Waals surface area contributed by atoms with Gasteiger partial charge in [0.15, 0.2) is 22.8 Å². The molecule has 3 saturated carbocycles. The Morgan fingerprint density at radius 2 is 1.73 bits per heavy atom. The molecule has 1 N–H and O–H groups in total. The van der Waals surface area contributed by atoms with Crippen LogP contribution in [0.4, 0.5) is 8.78 Å². The molecule has 244 valence electrons. The molecule has 4 aliphatic carbocycles. The number of allylic oxidation sites excluding steroid dienone is 4. The van der Waals surface area contributed by atoms with Gasteiger partial charge in [-0.15, -0.1) is 0 Å². The van der Waals surface area contributed by atoms with E-state index >= 15 is 8.78 Å². The van der Waals surface area contributed by atoms with Gasteiger partial charge in [0.1, 0.15) is 6.17 Å². The van der Waals surface area contributed by atoms with Crippen molar-refractivity contribution in [1.29, 1.82) is 0 Å². The van der Waals surface area contributed by atoms with Crippen molar-refractivity contribution in [3.05, 3.63) is 59.2 Å². The Labute approximate surface area is 268 Å². The number of aliphatic hydroxyl groups is 1. The average molecular weight is 643 g/mol. The molecule has 0 aliphatic heterocycles. The van der Waals surface area contributed by atoms with Crippen molar-refractivity contribution in [2.45, 2.75) is 103 Å². The number of carbonyl (C=O) groups excluding carboxylic acids is 4. The number of Topliss-reactive ketones (excluding diaryl/α,β-unsaturated/α-hetero) is 1. The second kappa shape index (κ2) is 11.3. The molecule has 1 aromatic rings. The molecule has 45 heavy (non-hydrogen) atoms. The van der Waals surface area contributed by atoms with Gasteiger partial charge in [-0.3, -0.25) is 19.2 Å². The Balaban J connectivity index is 1.49. The van der Waals surface area contributed by atoms with Crippen LogP contribution < -0.4 is 0 Å². The van der Waals surface area contributed by atoms with Crippen molar-refractivity contribution in [2.24, 2.45) is 28.6 Å². The maximum absolute atomic E-state index is 17.6. The molecular formula is C36H44F2O6S. The van der Waals surface area contributed by atoms with Crippen LogP contribution in [0.1, 0.15) is 90.1 Å². The highest BCUT2D eigenvalue weighted by Gasteiger charge is 2.78. The Kier molecular flexibility index (Phi) is 8.43. The summed E-state index contributed by atoms with van der Waals surface area (Å²) in [5.74, 6) is -3.74. The number of ether oxygens (including phenoxy) is 1. The molecule has 0 radical (unpaired) electrons. The molecule has 0 bridgehead atoms. The highest BCUT2D eigenvalue weighted by atomic mass is 32.2. The van der Waals surface area contributed by atoms with E-state index in [0.29, 0.717) is 5.56 Å². The minimum Gasteiger partial charge on any atom is -0.449 e. The summed E-state index contributed by atoms with van der Waals surface area (Å²) in [6, 6.07) is 7.26. The van der Waals surface area contributed by atoms with Crippen LogP contribution in [0.3, 0.4) is 0 Å². The quantitative estimate of drug-likeness (QED) is 0.273. The fourth-order valence-corrected chi connectivity index (χ4v) is 10.1. The van der Waals surface area contributed by atoms with Gasteiger partial charge in [-0.1, -0.05) is 83.6 Å². The van der Waals surface area contributed by atoms with Crippen LogP contribution in [-0.4, -0.2) is 57.1 Å². The van der Waals surface area contributed by atoms with Crippen molar-refractivity contribution >= 4 is 34.4 Å². The number of fused-ring (bicyclic) bond motifs is 5. The maximum atomic E-state index is 17.6. The summed E-state index contributed by atoms with van der Waals surface area (Å²) < 4.78 is 39.6. The van der Waals surface area contributed by atoms with Crippen molar-refractivity contribution < 1.29 is 37.8 Å². The minimum atomic E-state index is -2.32. The third-order valence-corrected chi connectivity index (χ3v) is 12.4. The number of benzene rings is 1. The van der Waals surface area contributed by atoms with E-state index in [4.69, 9.17) is 4.74 Å². The topological polar surface area (TPSA) is 97.7 Å². The van der Waals surface area contributed by atoms with Crippen LogP contribution in [0, 0.1) is 28.6 Å². The lowest BCUT2D eigenvalue weighted by molar-refractivity contribution is -0.228. The molecule has 9 atom stereocenters. The fraction of sp³-hybridized carbons (Fsp3) is 0.611. The van der Waals surface area contributed by atoms with Crippen molar-refractivity contribution in [2.75, 3.05) is 5.75 Å². The van der Waals surface area contributed by atoms with Crippen LogP contribution in [-0.2, 0) is 24.5 Å². The lowest BCUT2D eigenvalue weighted by Crippen LogP contribution is -2.70. The van der Waals surface area contributed by atoms with Crippen LogP contribution >= 0.6 is 11.8 Å². The molecule has 0 amide bonds. The number of aliphatic hydroxyl groups excluding tert-OH is 1. The van der Waals surface area contributed by atoms with E-state index in [1.165, 1.54) is 19.1 Å². The molecule has 0 saturated heterocycles. The summed E-state index contributed by atoms with van der Waals surface area (Å²) in [4.78, 5) is 52.7. The first-order chi connectivity index (χ1) is 20.9. The zero-order valence-corrected chi connectivity index (χ0v) is 27.9. The molecule has 0 spiro atoms. The molecule has 3 fully saturated rings. The van der Waals surface area contributed by atoms with Gasteiger partial charge in [-0.05, 0) is 60.8 Å². The molecule has 9 heteroatoms. The van der Waals surface area contributed by atoms with Gasteiger partial charge in [0, 0.05) is 34.7 Å². The summed E-state index contributed by atoms with van der Waals surface area (Å²) in [5.41, 5.74) is -5.45. The SMILES string of the molecule is CCC(=O)O[C@]1(C(=O)SCC(=O)c2ccc(C(C)(C)C)cc2)[C@H](C)C[C@H]2[C@@H]3C[C@H](F)C4=CC(=O)C=C[C@]4(C)[C@@]3(F)[C@@H](O)C[C@@]21C. The van der Waals surface area contributed by atoms with Crippen LogP contribution in [0.15, 0.2) is 48.1 Å². The number of halogens is 2. The highest BCUT2D eigenvalue weighted by Crippen LogP contribution is 2.72. The zero-order chi connectivity index (χ0) is 33.3. The smallest absolute Gasteiger partial charge is 0.306 e. The summed E-state index contributed by atoms with van der Waals surface area (Å²) in [7, 11) is 0. The number of alkyl halides is 2. The predicted molar refractivity (Wildman–Crippen MR) is 169 cm³/mol. The number of ketones is 2. The van der Waals surface area contributed by atoms with E-state index in [1.54, 1.807) is 32.9 Å². The molecule has 0 unspecified atom stereocenters. The number of hydrogen-bond donors (Lipinski definition) is 1.